The van der Waals surface area contributed by atoms with E-state index in [0.29, 0.717) is 40.3 Å². The molecule has 2 amide bonds. The van der Waals surface area contributed by atoms with Crippen molar-refractivity contribution in [2.45, 2.75) is 20.8 Å². The summed E-state index contributed by atoms with van der Waals surface area (Å²) in [6.07, 6.45) is 0. The molecule has 1 aromatic heterocycles. The lowest BCUT2D eigenvalue weighted by Crippen LogP contribution is -2.23. The van der Waals surface area contributed by atoms with Gasteiger partial charge in [-0.1, -0.05) is 0 Å². The highest BCUT2D eigenvalue weighted by atomic mass is 16.5. The average Bonchev–Trinajstić information content (AvgIpc) is 2.85. The molecule has 10 nitrogen and oxygen atoms in total. The Morgan fingerprint density at radius 2 is 1.40 bits per heavy atom. The third kappa shape index (κ3) is 6.44. The van der Waals surface area contributed by atoms with E-state index >= 15 is 0 Å². The van der Waals surface area contributed by atoms with E-state index < -0.39 is 6.03 Å². The van der Waals surface area contributed by atoms with Crippen LogP contribution in [0.25, 0.3) is 0 Å². The van der Waals surface area contributed by atoms with Crippen LogP contribution in [0.3, 0.4) is 0 Å². The number of nitrogens with zero attached hydrogens (tertiary/aromatic N) is 3. The number of methoxy groups -OCH3 is 3. The minimum atomic E-state index is -0.407. The number of benzene rings is 2. The molecule has 0 atom stereocenters. The number of nitrogens with one attached hydrogen (secondary N) is 3. The van der Waals surface area contributed by atoms with Crippen LogP contribution in [-0.2, 0) is 0 Å². The van der Waals surface area contributed by atoms with E-state index in [2.05, 4.69) is 44.7 Å². The normalized spacial score (nSPS) is 10.3. The molecule has 3 N–H and O–H groups in total. The van der Waals surface area contributed by atoms with Gasteiger partial charge >= 0.3 is 6.03 Å². The van der Waals surface area contributed by atoms with Crippen molar-refractivity contribution in [1.82, 2.24) is 9.97 Å². The Morgan fingerprint density at radius 1 is 0.829 bits per heavy atom. The van der Waals surface area contributed by atoms with Gasteiger partial charge in [-0.15, -0.1) is 0 Å². The second-order valence-electron chi connectivity index (χ2n) is 7.53. The van der Waals surface area contributed by atoms with Gasteiger partial charge in [0.05, 0.1) is 27.0 Å². The fourth-order valence-corrected chi connectivity index (χ4v) is 3.56. The molecule has 0 saturated heterocycles. The Morgan fingerprint density at radius 3 is 1.94 bits per heavy atom. The lowest BCUT2D eigenvalue weighted by Gasteiger charge is -2.20. The second kappa shape index (κ2) is 11.8. The van der Waals surface area contributed by atoms with Crippen molar-refractivity contribution in [2.24, 2.45) is 0 Å². The lowest BCUT2D eigenvalue weighted by atomic mass is 10.2. The number of amides is 2. The molecule has 0 fully saturated rings. The van der Waals surface area contributed by atoms with Gasteiger partial charge in [-0.25, -0.2) is 14.8 Å². The summed E-state index contributed by atoms with van der Waals surface area (Å²) < 4.78 is 16.0. The molecular formula is C25H32N6O4. The van der Waals surface area contributed by atoms with Crippen molar-refractivity contribution in [3.05, 3.63) is 48.3 Å². The van der Waals surface area contributed by atoms with Crippen molar-refractivity contribution in [2.75, 3.05) is 55.3 Å². The number of hydrogen-bond acceptors (Lipinski definition) is 8. The first-order valence-electron chi connectivity index (χ1n) is 11.3. The van der Waals surface area contributed by atoms with Gasteiger partial charge in [-0.3, -0.25) is 0 Å². The summed E-state index contributed by atoms with van der Waals surface area (Å²) in [6, 6.07) is 12.2. The highest BCUT2D eigenvalue weighted by Gasteiger charge is 2.15. The number of urea groups is 1. The fourth-order valence-electron chi connectivity index (χ4n) is 3.56. The van der Waals surface area contributed by atoms with Crippen LogP contribution in [0.15, 0.2) is 42.5 Å². The Balaban J connectivity index is 1.67. The van der Waals surface area contributed by atoms with E-state index in [1.807, 2.05) is 25.1 Å². The van der Waals surface area contributed by atoms with Crippen LogP contribution in [0, 0.1) is 6.92 Å². The molecule has 0 radical (unpaired) electrons. The van der Waals surface area contributed by atoms with E-state index in [1.54, 1.807) is 24.3 Å². The average molecular weight is 481 g/mol. The molecule has 0 aliphatic heterocycles. The minimum Gasteiger partial charge on any atom is -0.493 e. The molecule has 186 valence electrons. The highest BCUT2D eigenvalue weighted by molar-refractivity contribution is 6.00. The monoisotopic (exact) mass is 480 g/mol. The third-order valence-corrected chi connectivity index (χ3v) is 5.25. The summed E-state index contributed by atoms with van der Waals surface area (Å²) in [4.78, 5) is 23.7. The first-order chi connectivity index (χ1) is 16.9. The zero-order valence-corrected chi connectivity index (χ0v) is 20.9. The molecule has 10 heteroatoms. The first-order valence-corrected chi connectivity index (χ1v) is 11.3. The van der Waals surface area contributed by atoms with Crippen LogP contribution in [0.4, 0.5) is 33.5 Å². The summed E-state index contributed by atoms with van der Waals surface area (Å²) in [5, 5.41) is 8.89. The van der Waals surface area contributed by atoms with Crippen LogP contribution >= 0.6 is 0 Å². The summed E-state index contributed by atoms with van der Waals surface area (Å²) in [5.41, 5.74) is 1.96. The molecule has 0 unspecified atom stereocenters. The molecule has 2 aromatic carbocycles. The number of aromatic nitrogens is 2. The predicted molar refractivity (Wildman–Crippen MR) is 139 cm³/mol. The summed E-state index contributed by atoms with van der Waals surface area (Å²) in [7, 11) is 4.56. The number of anilines is 5. The zero-order chi connectivity index (χ0) is 25.4. The fraction of sp³-hybridized carbons (Fsp3) is 0.320. The van der Waals surface area contributed by atoms with Crippen LogP contribution < -0.4 is 35.1 Å². The van der Waals surface area contributed by atoms with Crippen molar-refractivity contribution in [3.8, 4) is 17.2 Å². The van der Waals surface area contributed by atoms with Gasteiger partial charge in [0, 0.05) is 42.7 Å². The number of carbonyl (C=O) groups is 1. The maximum atomic E-state index is 12.5. The molecule has 1 heterocycles. The largest absolute Gasteiger partial charge is 0.493 e. The number of rotatable bonds is 10. The zero-order valence-electron chi connectivity index (χ0n) is 20.9. The SMILES string of the molecule is CCN(CC)c1cc(Nc2ccc(NC(=O)Nc3cc(OC)c(OC)c(OC)c3)cc2)nc(C)n1. The van der Waals surface area contributed by atoms with Crippen molar-refractivity contribution < 1.29 is 19.0 Å². The van der Waals surface area contributed by atoms with E-state index in [4.69, 9.17) is 14.2 Å². The van der Waals surface area contributed by atoms with E-state index in [0.717, 1.165) is 24.6 Å². The molecular weight excluding hydrogens is 448 g/mol. The summed E-state index contributed by atoms with van der Waals surface area (Å²) >= 11 is 0. The summed E-state index contributed by atoms with van der Waals surface area (Å²) in [5.74, 6) is 3.63. The van der Waals surface area contributed by atoms with Crippen LogP contribution in [0.5, 0.6) is 17.2 Å². The Hall–Kier alpha value is -4.21. The van der Waals surface area contributed by atoms with Crippen LogP contribution in [-0.4, -0.2) is 50.4 Å². The maximum absolute atomic E-state index is 12.5. The molecule has 0 bridgehead atoms. The van der Waals surface area contributed by atoms with Gasteiger partial charge < -0.3 is 35.1 Å². The molecule has 0 aliphatic carbocycles. The molecule has 35 heavy (non-hydrogen) atoms. The summed E-state index contributed by atoms with van der Waals surface area (Å²) in [6.45, 7) is 7.79. The molecule has 0 aliphatic rings. The lowest BCUT2D eigenvalue weighted by molar-refractivity contribution is 0.262. The van der Waals surface area contributed by atoms with Gasteiger partial charge in [-0.2, -0.15) is 0 Å². The van der Waals surface area contributed by atoms with E-state index in [1.165, 1.54) is 21.3 Å². The van der Waals surface area contributed by atoms with Gasteiger partial charge in [-0.05, 0) is 45.0 Å². The molecule has 0 saturated carbocycles. The van der Waals surface area contributed by atoms with E-state index in [-0.39, 0.29) is 0 Å². The topological polar surface area (TPSA) is 110 Å². The Labute approximate surface area is 205 Å². The maximum Gasteiger partial charge on any atom is 0.323 e. The second-order valence-corrected chi connectivity index (χ2v) is 7.53. The first kappa shape index (κ1) is 25.4. The standard InChI is InChI=1S/C25H32N6O4/c1-7-31(8-2)23-15-22(26-16(3)27-23)28-17-9-11-18(12-10-17)29-25(32)30-19-13-20(33-4)24(35-6)21(14-19)34-5/h9-15H,7-8H2,1-6H3,(H,26,27,28)(H2,29,30,32). The van der Waals surface area contributed by atoms with Crippen LogP contribution in [0.2, 0.25) is 0 Å². The third-order valence-electron chi connectivity index (χ3n) is 5.25. The number of aryl methyl sites for hydroxylation is 1. The van der Waals surface area contributed by atoms with Crippen molar-refractivity contribution in [1.29, 1.82) is 0 Å². The van der Waals surface area contributed by atoms with E-state index in [9.17, 15) is 4.79 Å². The van der Waals surface area contributed by atoms with Gasteiger partial charge in [0.15, 0.2) is 11.5 Å². The molecule has 0 spiro atoms. The van der Waals surface area contributed by atoms with Crippen molar-refractivity contribution in [3.63, 3.8) is 0 Å². The number of hydrogen-bond donors (Lipinski definition) is 3. The smallest absolute Gasteiger partial charge is 0.323 e. The predicted octanol–water partition coefficient (Wildman–Crippen LogP) is 5.04. The molecule has 3 aromatic rings. The number of ether oxygens (including phenoxy) is 3. The quantitative estimate of drug-likeness (QED) is 0.370. The van der Waals surface area contributed by atoms with Crippen LogP contribution in [0.1, 0.15) is 19.7 Å². The minimum absolute atomic E-state index is 0.407. The van der Waals surface area contributed by atoms with Gasteiger partial charge in [0.1, 0.15) is 17.5 Å². The Bertz CT molecular complexity index is 1120. The highest BCUT2D eigenvalue weighted by Crippen LogP contribution is 2.40. The number of carbonyl (C=O) groups excluding carboxylic acids is 1. The van der Waals surface area contributed by atoms with Gasteiger partial charge in [0.2, 0.25) is 5.75 Å². The Kier molecular flexibility index (Phi) is 8.55. The van der Waals surface area contributed by atoms with Gasteiger partial charge in [0.25, 0.3) is 0 Å². The van der Waals surface area contributed by atoms with Crippen molar-refractivity contribution >= 4 is 34.7 Å². The molecule has 3 rings (SSSR count).